The Balaban J connectivity index is 1.66. The molecular weight excluding hydrogens is 396 g/mol. The van der Waals surface area contributed by atoms with Gasteiger partial charge in [-0.2, -0.15) is 0 Å². The molecule has 1 aliphatic rings. The molecule has 1 fully saturated rings. The molecule has 1 saturated heterocycles. The van der Waals surface area contributed by atoms with Crippen molar-refractivity contribution in [3.63, 3.8) is 0 Å². The van der Waals surface area contributed by atoms with Gasteiger partial charge in [0.1, 0.15) is 0 Å². The van der Waals surface area contributed by atoms with E-state index in [1.807, 2.05) is 45.9 Å². The van der Waals surface area contributed by atoms with Crippen molar-refractivity contribution in [2.45, 2.75) is 34.2 Å². The van der Waals surface area contributed by atoms with Crippen LogP contribution in [0.25, 0.3) is 0 Å². The molecule has 2 heterocycles. The molecule has 2 aromatic rings. The largest absolute Gasteiger partial charge is 0.369 e. The second-order valence-corrected chi connectivity index (χ2v) is 9.98. The van der Waals surface area contributed by atoms with Crippen LogP contribution >= 0.6 is 11.3 Å². The van der Waals surface area contributed by atoms with E-state index in [0.717, 1.165) is 37.3 Å². The molecular formula is C23H32N4O2S. The van der Waals surface area contributed by atoms with Crippen molar-refractivity contribution in [2.24, 2.45) is 5.41 Å². The first-order valence-corrected chi connectivity index (χ1v) is 11.2. The van der Waals surface area contributed by atoms with Crippen LogP contribution in [0.15, 0.2) is 30.3 Å². The molecule has 1 aromatic carbocycles. The molecule has 0 atom stereocenters. The van der Waals surface area contributed by atoms with E-state index in [-0.39, 0.29) is 11.8 Å². The first-order valence-electron chi connectivity index (χ1n) is 10.4. The molecule has 0 spiro atoms. The maximum absolute atomic E-state index is 12.8. The molecule has 0 bridgehead atoms. The molecule has 0 unspecified atom stereocenters. The van der Waals surface area contributed by atoms with E-state index in [4.69, 9.17) is 0 Å². The monoisotopic (exact) mass is 428 g/mol. The van der Waals surface area contributed by atoms with Gasteiger partial charge in [-0.3, -0.25) is 9.59 Å². The third-order valence-corrected chi connectivity index (χ3v) is 6.47. The van der Waals surface area contributed by atoms with Crippen molar-refractivity contribution in [1.29, 1.82) is 0 Å². The number of nitrogens with zero attached hydrogens (tertiary/aromatic N) is 2. The fraction of sp³-hybridized carbons (Fsp3) is 0.478. The average molecular weight is 429 g/mol. The summed E-state index contributed by atoms with van der Waals surface area (Å²) in [5.74, 6) is -0.168. The number of anilines is 2. The third kappa shape index (κ3) is 5.40. The zero-order valence-electron chi connectivity index (χ0n) is 18.5. The fourth-order valence-electron chi connectivity index (χ4n) is 3.34. The van der Waals surface area contributed by atoms with Crippen molar-refractivity contribution in [2.75, 3.05) is 43.4 Å². The van der Waals surface area contributed by atoms with Gasteiger partial charge in [0.15, 0.2) is 0 Å². The molecule has 30 heavy (non-hydrogen) atoms. The van der Waals surface area contributed by atoms with Gasteiger partial charge in [0.25, 0.3) is 5.91 Å². The number of rotatable bonds is 5. The van der Waals surface area contributed by atoms with Gasteiger partial charge >= 0.3 is 0 Å². The van der Waals surface area contributed by atoms with Crippen molar-refractivity contribution in [3.8, 4) is 0 Å². The minimum absolute atomic E-state index is 0.0585. The number of hydrogen-bond donors (Lipinski definition) is 2. The Bertz CT molecular complexity index is 908. The van der Waals surface area contributed by atoms with Crippen LogP contribution in [0.5, 0.6) is 0 Å². The number of carbonyl (C=O) groups is 2. The van der Waals surface area contributed by atoms with E-state index in [1.54, 1.807) is 0 Å². The number of thiophene rings is 1. The zero-order valence-corrected chi connectivity index (χ0v) is 19.4. The molecule has 1 aliphatic heterocycles. The summed E-state index contributed by atoms with van der Waals surface area (Å²) in [5.41, 5.74) is 2.69. The summed E-state index contributed by atoms with van der Waals surface area (Å²) in [6, 6.07) is 10.1. The van der Waals surface area contributed by atoms with Gasteiger partial charge in [-0.25, -0.2) is 0 Å². The van der Waals surface area contributed by atoms with Gasteiger partial charge in [0.2, 0.25) is 5.91 Å². The van der Waals surface area contributed by atoms with Gasteiger partial charge < -0.3 is 20.4 Å². The average Bonchev–Trinajstić information content (AvgIpc) is 3.06. The third-order valence-electron chi connectivity index (χ3n) is 5.32. The van der Waals surface area contributed by atoms with Gasteiger partial charge in [0.05, 0.1) is 9.88 Å². The standard InChI is InChI=1S/C23H32N4O2S/c1-16-14-19(25-22(29)23(2,3)4)30-20(16)21(28)24-15-17-8-6-7-9-18(17)27-12-10-26(5)11-13-27/h6-9,14H,10-13,15H2,1-5H3,(H,24,28)(H,25,29). The number of amides is 2. The quantitative estimate of drug-likeness (QED) is 0.762. The number of nitrogens with one attached hydrogen (secondary N) is 2. The summed E-state index contributed by atoms with van der Waals surface area (Å²) < 4.78 is 0. The summed E-state index contributed by atoms with van der Waals surface area (Å²) in [5, 5.41) is 6.68. The Morgan fingerprint density at radius 2 is 1.77 bits per heavy atom. The predicted molar refractivity (Wildman–Crippen MR) is 124 cm³/mol. The van der Waals surface area contributed by atoms with Crippen LogP contribution in [0.4, 0.5) is 10.7 Å². The molecule has 2 amide bonds. The molecule has 6 nitrogen and oxygen atoms in total. The lowest BCUT2D eigenvalue weighted by Gasteiger charge is -2.35. The Labute approximate surface area is 183 Å². The predicted octanol–water partition coefficient (Wildman–Crippen LogP) is 3.72. The number of piperazine rings is 1. The van der Waals surface area contributed by atoms with Crippen LogP contribution in [-0.4, -0.2) is 49.9 Å². The highest BCUT2D eigenvalue weighted by Crippen LogP contribution is 2.29. The van der Waals surface area contributed by atoms with E-state index >= 15 is 0 Å². The van der Waals surface area contributed by atoms with Crippen LogP contribution in [-0.2, 0) is 11.3 Å². The minimum atomic E-state index is -0.479. The Morgan fingerprint density at radius 3 is 2.43 bits per heavy atom. The zero-order chi connectivity index (χ0) is 21.9. The molecule has 7 heteroatoms. The SMILES string of the molecule is Cc1cc(NC(=O)C(C)(C)C)sc1C(=O)NCc1ccccc1N1CCN(C)CC1. The highest BCUT2D eigenvalue weighted by Gasteiger charge is 2.23. The van der Waals surface area contributed by atoms with E-state index in [9.17, 15) is 9.59 Å². The topological polar surface area (TPSA) is 64.7 Å². The summed E-state index contributed by atoms with van der Waals surface area (Å²) >= 11 is 1.32. The van der Waals surface area contributed by atoms with Crippen molar-refractivity contribution < 1.29 is 9.59 Å². The maximum Gasteiger partial charge on any atom is 0.261 e. The van der Waals surface area contributed by atoms with E-state index in [1.165, 1.54) is 17.0 Å². The van der Waals surface area contributed by atoms with Crippen LogP contribution < -0.4 is 15.5 Å². The number of aryl methyl sites for hydroxylation is 1. The van der Waals surface area contributed by atoms with Gasteiger partial charge in [0, 0.05) is 43.8 Å². The number of hydrogen-bond acceptors (Lipinski definition) is 5. The normalized spacial score (nSPS) is 15.2. The van der Waals surface area contributed by atoms with Gasteiger partial charge in [-0.1, -0.05) is 39.0 Å². The fourth-order valence-corrected chi connectivity index (χ4v) is 4.32. The molecule has 162 valence electrons. The Kier molecular flexibility index (Phi) is 6.83. The molecule has 1 aromatic heterocycles. The number of para-hydroxylation sites is 1. The number of benzene rings is 1. The highest BCUT2D eigenvalue weighted by atomic mass is 32.1. The lowest BCUT2D eigenvalue weighted by atomic mass is 9.96. The van der Waals surface area contributed by atoms with Crippen LogP contribution in [0, 0.1) is 12.3 Å². The number of likely N-dealkylation sites (N-methyl/N-ethyl adjacent to an activating group) is 1. The summed E-state index contributed by atoms with van der Waals surface area (Å²) in [4.78, 5) is 30.4. The molecule has 0 saturated carbocycles. The van der Waals surface area contributed by atoms with Gasteiger partial charge in [-0.15, -0.1) is 11.3 Å². The first-order chi connectivity index (χ1) is 14.1. The van der Waals surface area contributed by atoms with Crippen LogP contribution in [0.2, 0.25) is 0 Å². The lowest BCUT2D eigenvalue weighted by molar-refractivity contribution is -0.123. The minimum Gasteiger partial charge on any atom is -0.369 e. The number of carbonyl (C=O) groups excluding carboxylic acids is 2. The summed E-state index contributed by atoms with van der Waals surface area (Å²) in [6.45, 7) is 12.0. The molecule has 0 radical (unpaired) electrons. The highest BCUT2D eigenvalue weighted by molar-refractivity contribution is 7.18. The first kappa shape index (κ1) is 22.3. The van der Waals surface area contributed by atoms with Crippen LogP contribution in [0.1, 0.15) is 41.6 Å². The smallest absolute Gasteiger partial charge is 0.261 e. The van der Waals surface area contributed by atoms with E-state index in [2.05, 4.69) is 39.6 Å². The van der Waals surface area contributed by atoms with E-state index in [0.29, 0.717) is 16.4 Å². The lowest BCUT2D eigenvalue weighted by Crippen LogP contribution is -2.45. The van der Waals surface area contributed by atoms with Crippen molar-refractivity contribution in [3.05, 3.63) is 46.3 Å². The van der Waals surface area contributed by atoms with E-state index < -0.39 is 5.41 Å². The second-order valence-electron chi connectivity index (χ2n) is 8.93. The Morgan fingerprint density at radius 1 is 1.10 bits per heavy atom. The van der Waals surface area contributed by atoms with Crippen LogP contribution in [0.3, 0.4) is 0 Å². The van der Waals surface area contributed by atoms with Gasteiger partial charge in [-0.05, 0) is 37.2 Å². The second kappa shape index (κ2) is 9.18. The summed E-state index contributed by atoms with van der Waals surface area (Å²) in [6.07, 6.45) is 0. The Hall–Kier alpha value is -2.38. The van der Waals surface area contributed by atoms with Crippen molar-refractivity contribution >= 4 is 33.8 Å². The summed E-state index contributed by atoms with van der Waals surface area (Å²) in [7, 11) is 2.14. The maximum atomic E-state index is 12.8. The molecule has 0 aliphatic carbocycles. The van der Waals surface area contributed by atoms with Crippen molar-refractivity contribution in [1.82, 2.24) is 10.2 Å². The molecule has 3 rings (SSSR count). The molecule has 2 N–H and O–H groups in total.